The highest BCUT2D eigenvalue weighted by Crippen LogP contribution is 2.63. The zero-order chi connectivity index (χ0) is 18.5. The van der Waals surface area contributed by atoms with Crippen molar-refractivity contribution >= 4 is 23.2 Å². The standard InChI is InChI=1S/C26H28P/c1-22-14-6-2-13-21-26(22)27(23-15-7-3-8-16-23,24-17-9-4-10-18-24)25-19-11-5-12-20-25/h3-5,7-12,15-20,26H,1-2,6,13-14,21H2/q+1. The molecule has 0 radical (unpaired) electrons. The molecular weight excluding hydrogens is 343 g/mol. The molecule has 4 rings (SSSR count). The highest BCUT2D eigenvalue weighted by molar-refractivity contribution is 7.96. The Morgan fingerprint density at radius 2 is 1.04 bits per heavy atom. The van der Waals surface area contributed by atoms with Crippen molar-refractivity contribution < 1.29 is 0 Å². The Hall–Kier alpha value is -2.17. The fourth-order valence-electron chi connectivity index (χ4n) is 4.68. The SMILES string of the molecule is C=C1CCCCCC1[P+](c1ccccc1)(c1ccccc1)c1ccccc1. The molecule has 3 aromatic rings. The molecule has 1 unspecified atom stereocenters. The van der Waals surface area contributed by atoms with Gasteiger partial charge in [-0.3, -0.25) is 0 Å². The number of hydrogen-bond acceptors (Lipinski definition) is 0. The molecule has 0 amide bonds. The number of benzene rings is 3. The second-order valence-corrected chi connectivity index (χ2v) is 11.1. The van der Waals surface area contributed by atoms with Gasteiger partial charge >= 0.3 is 0 Å². The van der Waals surface area contributed by atoms with Crippen LogP contribution >= 0.6 is 7.26 Å². The average Bonchev–Trinajstić information content (AvgIpc) is 2.96. The summed E-state index contributed by atoms with van der Waals surface area (Å²) in [6.07, 6.45) is 6.32. The van der Waals surface area contributed by atoms with E-state index in [1.165, 1.54) is 53.6 Å². The Morgan fingerprint density at radius 1 is 0.593 bits per heavy atom. The second kappa shape index (κ2) is 8.24. The van der Waals surface area contributed by atoms with Gasteiger partial charge in [0.25, 0.3) is 0 Å². The van der Waals surface area contributed by atoms with Crippen LogP contribution in [0.1, 0.15) is 32.1 Å². The Labute approximate surface area is 164 Å². The monoisotopic (exact) mass is 371 g/mol. The molecule has 0 spiro atoms. The molecule has 1 aliphatic carbocycles. The van der Waals surface area contributed by atoms with Crippen LogP contribution in [0.15, 0.2) is 103 Å². The molecule has 1 heteroatoms. The van der Waals surface area contributed by atoms with Crippen LogP contribution in [0.25, 0.3) is 0 Å². The summed E-state index contributed by atoms with van der Waals surface area (Å²) < 4.78 is 0. The number of rotatable bonds is 4. The largest absolute Gasteiger partial charge is 0.119 e. The van der Waals surface area contributed by atoms with Gasteiger partial charge in [0.2, 0.25) is 0 Å². The summed E-state index contributed by atoms with van der Waals surface area (Å²) in [4.78, 5) is 0. The molecule has 0 saturated heterocycles. The van der Waals surface area contributed by atoms with E-state index in [-0.39, 0.29) is 0 Å². The van der Waals surface area contributed by atoms with Gasteiger partial charge in [0.05, 0.1) is 0 Å². The van der Waals surface area contributed by atoms with E-state index in [0.717, 1.165) is 0 Å². The van der Waals surface area contributed by atoms with Crippen LogP contribution in [0, 0.1) is 0 Å². The quantitative estimate of drug-likeness (QED) is 0.306. The van der Waals surface area contributed by atoms with E-state index in [0.29, 0.717) is 5.66 Å². The molecule has 136 valence electrons. The zero-order valence-corrected chi connectivity index (χ0v) is 16.8. The van der Waals surface area contributed by atoms with Crippen LogP contribution < -0.4 is 15.9 Å². The maximum atomic E-state index is 4.63. The van der Waals surface area contributed by atoms with Crippen molar-refractivity contribution in [2.24, 2.45) is 0 Å². The zero-order valence-electron chi connectivity index (χ0n) is 15.9. The maximum absolute atomic E-state index is 4.63. The Balaban J connectivity index is 2.04. The lowest BCUT2D eigenvalue weighted by molar-refractivity contribution is 0.704. The van der Waals surface area contributed by atoms with Crippen molar-refractivity contribution in [3.63, 3.8) is 0 Å². The summed E-state index contributed by atoms with van der Waals surface area (Å²) >= 11 is 0. The summed E-state index contributed by atoms with van der Waals surface area (Å²) in [6, 6.07) is 33.7. The van der Waals surface area contributed by atoms with Gasteiger partial charge in [-0.2, -0.15) is 0 Å². The minimum Gasteiger partial charge on any atom is -0.0959 e. The van der Waals surface area contributed by atoms with Crippen molar-refractivity contribution in [3.05, 3.63) is 103 Å². The minimum atomic E-state index is -1.81. The smallest absolute Gasteiger partial charge is 0.0959 e. The van der Waals surface area contributed by atoms with Gasteiger partial charge in [0, 0.05) is 0 Å². The van der Waals surface area contributed by atoms with Crippen molar-refractivity contribution in [1.82, 2.24) is 0 Å². The lowest BCUT2D eigenvalue weighted by Crippen LogP contribution is -2.39. The third-order valence-corrected chi connectivity index (χ3v) is 10.8. The molecule has 27 heavy (non-hydrogen) atoms. The first-order valence-corrected chi connectivity index (χ1v) is 11.9. The van der Waals surface area contributed by atoms with Gasteiger partial charge in [0.1, 0.15) is 28.8 Å². The van der Waals surface area contributed by atoms with Crippen LogP contribution in [0.5, 0.6) is 0 Å². The molecule has 0 heterocycles. The van der Waals surface area contributed by atoms with Crippen LogP contribution in [0.4, 0.5) is 0 Å². The average molecular weight is 371 g/mol. The van der Waals surface area contributed by atoms with Gasteiger partial charge in [-0.15, -0.1) is 0 Å². The predicted octanol–water partition coefficient (Wildman–Crippen LogP) is 5.87. The number of hydrogen-bond donors (Lipinski definition) is 0. The van der Waals surface area contributed by atoms with E-state index < -0.39 is 7.26 Å². The van der Waals surface area contributed by atoms with Gasteiger partial charge in [-0.1, -0.05) is 67.6 Å². The van der Waals surface area contributed by atoms with Crippen molar-refractivity contribution in [3.8, 4) is 0 Å². The molecule has 0 N–H and O–H groups in total. The molecule has 0 nitrogen and oxygen atoms in total. The summed E-state index contributed by atoms with van der Waals surface area (Å²) in [5, 5.41) is 4.45. The highest BCUT2D eigenvalue weighted by Gasteiger charge is 2.52. The molecule has 1 atom stereocenters. The summed E-state index contributed by atoms with van der Waals surface area (Å²) in [6.45, 7) is 4.63. The van der Waals surface area contributed by atoms with E-state index >= 15 is 0 Å². The molecule has 1 saturated carbocycles. The van der Waals surface area contributed by atoms with Gasteiger partial charge in [0.15, 0.2) is 0 Å². The van der Waals surface area contributed by atoms with E-state index in [4.69, 9.17) is 0 Å². The van der Waals surface area contributed by atoms with Crippen molar-refractivity contribution in [2.75, 3.05) is 0 Å². The third-order valence-electron chi connectivity index (χ3n) is 5.90. The van der Waals surface area contributed by atoms with E-state index in [2.05, 4.69) is 97.6 Å². The van der Waals surface area contributed by atoms with Crippen molar-refractivity contribution in [2.45, 2.75) is 37.8 Å². The number of allylic oxidation sites excluding steroid dienone is 1. The van der Waals surface area contributed by atoms with Crippen LogP contribution in [0.2, 0.25) is 0 Å². The first-order valence-electron chi connectivity index (χ1n) is 10.1. The summed E-state index contributed by atoms with van der Waals surface area (Å²) in [7, 11) is -1.81. The van der Waals surface area contributed by atoms with E-state index in [1.807, 2.05) is 0 Å². The molecule has 0 aromatic heterocycles. The first kappa shape index (κ1) is 18.2. The molecule has 1 fully saturated rings. The molecular formula is C26H28P+. The van der Waals surface area contributed by atoms with Crippen molar-refractivity contribution in [1.29, 1.82) is 0 Å². The van der Waals surface area contributed by atoms with Crippen LogP contribution in [-0.2, 0) is 0 Å². The molecule has 3 aromatic carbocycles. The normalized spacial score (nSPS) is 18.1. The maximum Gasteiger partial charge on any atom is 0.119 e. The van der Waals surface area contributed by atoms with Gasteiger partial charge in [-0.25, -0.2) is 0 Å². The molecule has 0 bridgehead atoms. The van der Waals surface area contributed by atoms with E-state index in [1.54, 1.807) is 0 Å². The minimum absolute atomic E-state index is 0.521. The van der Waals surface area contributed by atoms with Crippen LogP contribution in [-0.4, -0.2) is 5.66 Å². The van der Waals surface area contributed by atoms with E-state index in [9.17, 15) is 0 Å². The van der Waals surface area contributed by atoms with Gasteiger partial charge in [-0.05, 0) is 67.7 Å². The fraction of sp³-hybridized carbons (Fsp3) is 0.231. The summed E-state index contributed by atoms with van der Waals surface area (Å²) in [5.41, 5.74) is 1.98. The molecule has 0 aliphatic heterocycles. The lowest BCUT2D eigenvalue weighted by atomic mass is 10.1. The fourth-order valence-corrected chi connectivity index (χ4v) is 9.83. The Bertz CT molecular complexity index is 771. The Morgan fingerprint density at radius 3 is 1.48 bits per heavy atom. The topological polar surface area (TPSA) is 0 Å². The second-order valence-electron chi connectivity index (χ2n) is 7.50. The van der Waals surface area contributed by atoms with Gasteiger partial charge < -0.3 is 0 Å². The molecule has 1 aliphatic rings. The lowest BCUT2D eigenvalue weighted by Gasteiger charge is -2.35. The van der Waals surface area contributed by atoms with Crippen LogP contribution in [0.3, 0.4) is 0 Å². The Kier molecular flexibility index (Phi) is 5.55. The first-order chi connectivity index (χ1) is 13.3. The highest BCUT2D eigenvalue weighted by atomic mass is 31.2. The predicted molar refractivity (Wildman–Crippen MR) is 121 cm³/mol. The third kappa shape index (κ3) is 3.40. The summed E-state index contributed by atoms with van der Waals surface area (Å²) in [5.74, 6) is 0.